The Morgan fingerprint density at radius 3 is 2.94 bits per heavy atom. The fourth-order valence-electron chi connectivity index (χ4n) is 1.41. The van der Waals surface area contributed by atoms with Crippen molar-refractivity contribution in [2.24, 2.45) is 0 Å². The summed E-state index contributed by atoms with van der Waals surface area (Å²) in [7, 11) is 0. The maximum atomic E-state index is 13.0. The van der Waals surface area contributed by atoms with Gasteiger partial charge in [0.05, 0.1) is 5.02 Å². The molecule has 0 atom stereocenters. The van der Waals surface area contributed by atoms with Crippen molar-refractivity contribution < 1.29 is 4.39 Å². The third-order valence-electron chi connectivity index (χ3n) is 2.20. The van der Waals surface area contributed by atoms with Crippen molar-refractivity contribution in [2.45, 2.75) is 19.8 Å². The van der Waals surface area contributed by atoms with Gasteiger partial charge < -0.3 is 0 Å². The van der Waals surface area contributed by atoms with E-state index in [9.17, 15) is 4.39 Å². The van der Waals surface area contributed by atoms with E-state index < -0.39 is 5.82 Å². The van der Waals surface area contributed by atoms with E-state index in [1.54, 1.807) is 6.07 Å². The van der Waals surface area contributed by atoms with E-state index in [0.717, 1.165) is 18.7 Å². The van der Waals surface area contributed by atoms with E-state index in [0.29, 0.717) is 11.4 Å². The molecule has 0 unspecified atom stereocenters. The van der Waals surface area contributed by atoms with E-state index >= 15 is 0 Å². The minimum absolute atomic E-state index is 0.0827. The standard InChI is InChI=1S/C11H11ClFN3/c1-2-3-10-14-11(16-15-10)7-4-5-9(13)8(12)6-7/h4-6H,2-3H2,1H3,(H,14,15,16). The Balaban J connectivity index is 2.31. The van der Waals surface area contributed by atoms with Crippen molar-refractivity contribution in [2.75, 3.05) is 0 Å². The molecule has 0 aliphatic rings. The Kier molecular flexibility index (Phi) is 3.19. The Bertz CT molecular complexity index is 496. The van der Waals surface area contributed by atoms with Crippen LogP contribution in [0.1, 0.15) is 19.2 Å². The summed E-state index contributed by atoms with van der Waals surface area (Å²) < 4.78 is 13.0. The van der Waals surface area contributed by atoms with Gasteiger partial charge in [0.2, 0.25) is 0 Å². The summed E-state index contributed by atoms with van der Waals surface area (Å²) in [6.45, 7) is 2.07. The maximum absolute atomic E-state index is 13.0. The normalized spacial score (nSPS) is 10.7. The van der Waals surface area contributed by atoms with Gasteiger partial charge in [-0.05, 0) is 24.6 Å². The number of aryl methyl sites for hydroxylation is 1. The van der Waals surface area contributed by atoms with Gasteiger partial charge in [0, 0.05) is 12.0 Å². The molecule has 2 aromatic rings. The lowest BCUT2D eigenvalue weighted by Crippen LogP contribution is -1.86. The van der Waals surface area contributed by atoms with Crippen LogP contribution in [0.5, 0.6) is 0 Å². The van der Waals surface area contributed by atoms with E-state index in [2.05, 4.69) is 22.1 Å². The first-order valence-electron chi connectivity index (χ1n) is 5.07. The number of hydrogen-bond donors (Lipinski definition) is 1. The predicted octanol–water partition coefficient (Wildman–Crippen LogP) is 3.22. The van der Waals surface area contributed by atoms with Gasteiger partial charge in [0.15, 0.2) is 5.82 Å². The topological polar surface area (TPSA) is 41.6 Å². The molecular formula is C11H11ClFN3. The molecular weight excluding hydrogens is 229 g/mol. The number of aromatic amines is 1. The van der Waals surface area contributed by atoms with Gasteiger partial charge in [0.1, 0.15) is 11.6 Å². The van der Waals surface area contributed by atoms with Gasteiger partial charge in [-0.1, -0.05) is 18.5 Å². The molecule has 1 aromatic carbocycles. The quantitative estimate of drug-likeness (QED) is 0.894. The molecule has 1 N–H and O–H groups in total. The summed E-state index contributed by atoms with van der Waals surface area (Å²) in [6, 6.07) is 4.45. The molecule has 0 saturated carbocycles. The van der Waals surface area contributed by atoms with Crippen LogP contribution in [0.4, 0.5) is 4.39 Å². The molecule has 0 saturated heterocycles. The Morgan fingerprint density at radius 1 is 1.44 bits per heavy atom. The van der Waals surface area contributed by atoms with Crippen molar-refractivity contribution in [3.63, 3.8) is 0 Å². The van der Waals surface area contributed by atoms with Crippen molar-refractivity contribution in [1.82, 2.24) is 15.2 Å². The predicted molar refractivity (Wildman–Crippen MR) is 60.8 cm³/mol. The van der Waals surface area contributed by atoms with Crippen molar-refractivity contribution in [3.05, 3.63) is 34.9 Å². The van der Waals surface area contributed by atoms with Gasteiger partial charge >= 0.3 is 0 Å². The number of nitrogens with one attached hydrogen (secondary N) is 1. The largest absolute Gasteiger partial charge is 0.263 e. The minimum Gasteiger partial charge on any atom is -0.263 e. The van der Waals surface area contributed by atoms with Gasteiger partial charge in [-0.3, -0.25) is 5.10 Å². The molecule has 0 bridgehead atoms. The SMILES string of the molecule is CCCc1nc(-c2ccc(F)c(Cl)c2)n[nH]1. The summed E-state index contributed by atoms with van der Waals surface area (Å²) in [5.41, 5.74) is 0.713. The average molecular weight is 240 g/mol. The molecule has 1 aromatic heterocycles. The summed E-state index contributed by atoms with van der Waals surface area (Å²) in [5.74, 6) is 0.943. The van der Waals surface area contributed by atoms with Crippen molar-refractivity contribution in [3.8, 4) is 11.4 Å². The highest BCUT2D eigenvalue weighted by atomic mass is 35.5. The number of nitrogens with zero attached hydrogens (tertiary/aromatic N) is 2. The van der Waals surface area contributed by atoms with Crippen LogP contribution in [0.3, 0.4) is 0 Å². The first kappa shape index (κ1) is 11.1. The monoisotopic (exact) mass is 239 g/mol. The van der Waals surface area contributed by atoms with E-state index in [4.69, 9.17) is 11.6 Å². The molecule has 0 aliphatic heterocycles. The molecule has 5 heteroatoms. The molecule has 0 radical (unpaired) electrons. The number of aromatic nitrogens is 3. The summed E-state index contributed by atoms with van der Waals surface area (Å²) in [4.78, 5) is 4.29. The number of benzene rings is 1. The fraction of sp³-hybridized carbons (Fsp3) is 0.273. The second-order valence-corrected chi connectivity index (χ2v) is 3.89. The second-order valence-electron chi connectivity index (χ2n) is 3.48. The molecule has 1 heterocycles. The molecule has 0 aliphatic carbocycles. The van der Waals surface area contributed by atoms with Gasteiger partial charge in [-0.25, -0.2) is 9.37 Å². The molecule has 2 rings (SSSR count). The zero-order chi connectivity index (χ0) is 11.5. The zero-order valence-electron chi connectivity index (χ0n) is 8.80. The minimum atomic E-state index is -0.435. The van der Waals surface area contributed by atoms with Crippen LogP contribution in [-0.2, 0) is 6.42 Å². The van der Waals surface area contributed by atoms with Gasteiger partial charge in [-0.15, -0.1) is 0 Å². The number of hydrogen-bond acceptors (Lipinski definition) is 2. The highest BCUT2D eigenvalue weighted by molar-refractivity contribution is 6.31. The Labute approximate surface area is 97.7 Å². The molecule has 16 heavy (non-hydrogen) atoms. The third-order valence-corrected chi connectivity index (χ3v) is 2.49. The molecule has 3 nitrogen and oxygen atoms in total. The lowest BCUT2D eigenvalue weighted by Gasteiger charge is -1.97. The Hall–Kier alpha value is -1.42. The van der Waals surface area contributed by atoms with Crippen LogP contribution in [0.15, 0.2) is 18.2 Å². The maximum Gasteiger partial charge on any atom is 0.181 e. The van der Waals surface area contributed by atoms with Crippen LogP contribution in [0.25, 0.3) is 11.4 Å². The number of rotatable bonds is 3. The third kappa shape index (κ3) is 2.22. The Morgan fingerprint density at radius 2 is 2.25 bits per heavy atom. The van der Waals surface area contributed by atoms with Crippen LogP contribution >= 0.6 is 11.6 Å². The highest BCUT2D eigenvalue weighted by Crippen LogP contribution is 2.22. The van der Waals surface area contributed by atoms with E-state index in [-0.39, 0.29) is 5.02 Å². The molecule has 84 valence electrons. The smallest absolute Gasteiger partial charge is 0.181 e. The lowest BCUT2D eigenvalue weighted by atomic mass is 10.2. The van der Waals surface area contributed by atoms with Crippen molar-refractivity contribution in [1.29, 1.82) is 0 Å². The molecule has 0 amide bonds. The number of halogens is 2. The second kappa shape index (κ2) is 4.61. The van der Waals surface area contributed by atoms with Crippen LogP contribution in [0.2, 0.25) is 5.02 Å². The van der Waals surface area contributed by atoms with Crippen LogP contribution in [0, 0.1) is 5.82 Å². The molecule has 0 fully saturated rings. The van der Waals surface area contributed by atoms with E-state index in [1.807, 2.05) is 0 Å². The first-order chi connectivity index (χ1) is 7.70. The van der Waals surface area contributed by atoms with Crippen molar-refractivity contribution >= 4 is 11.6 Å². The van der Waals surface area contributed by atoms with Crippen LogP contribution < -0.4 is 0 Å². The average Bonchev–Trinajstić information content (AvgIpc) is 2.71. The lowest BCUT2D eigenvalue weighted by molar-refractivity contribution is 0.628. The van der Waals surface area contributed by atoms with E-state index in [1.165, 1.54) is 12.1 Å². The van der Waals surface area contributed by atoms with Crippen LogP contribution in [-0.4, -0.2) is 15.2 Å². The van der Waals surface area contributed by atoms with Gasteiger partial charge in [-0.2, -0.15) is 5.10 Å². The summed E-state index contributed by atoms with van der Waals surface area (Å²) in [5, 5.41) is 6.98. The zero-order valence-corrected chi connectivity index (χ0v) is 9.55. The van der Waals surface area contributed by atoms with Gasteiger partial charge in [0.25, 0.3) is 0 Å². The highest BCUT2D eigenvalue weighted by Gasteiger charge is 2.07. The molecule has 0 spiro atoms. The number of H-pyrrole nitrogens is 1. The summed E-state index contributed by atoms with van der Waals surface area (Å²) >= 11 is 5.69. The summed E-state index contributed by atoms with van der Waals surface area (Å²) in [6.07, 6.45) is 1.85. The first-order valence-corrected chi connectivity index (χ1v) is 5.45. The fourth-order valence-corrected chi connectivity index (χ4v) is 1.59.